The van der Waals surface area contributed by atoms with Crippen LogP contribution >= 0.6 is 0 Å². The molecule has 0 spiro atoms. The van der Waals surface area contributed by atoms with E-state index in [9.17, 15) is 12.8 Å². The summed E-state index contributed by atoms with van der Waals surface area (Å²) in [5.74, 6) is 0.713. The number of fused-ring (bicyclic) bond motifs is 1. The molecule has 0 amide bonds. The molecular formula is C25H19FN4O4S. The number of aromatic nitrogens is 4. The number of halogens is 1. The SMILES string of the molecule is CCS(=O)(=O)c1ccc(Oc2cc3[nH]c(-c4ccccn4)nc3cc2Oc2ccccc2F)cn1. The number of hydrogen-bond donors (Lipinski definition) is 1. The second-order valence-electron chi connectivity index (χ2n) is 7.49. The number of nitrogens with one attached hydrogen (secondary N) is 1. The monoisotopic (exact) mass is 490 g/mol. The number of para-hydroxylation sites is 1. The van der Waals surface area contributed by atoms with Crippen molar-refractivity contribution in [2.24, 2.45) is 0 Å². The smallest absolute Gasteiger partial charge is 0.195 e. The summed E-state index contributed by atoms with van der Waals surface area (Å²) >= 11 is 0. The molecule has 0 fully saturated rings. The average molecular weight is 491 g/mol. The first kappa shape index (κ1) is 22.5. The summed E-state index contributed by atoms with van der Waals surface area (Å²) in [5, 5.41) is -0.0424. The number of nitrogens with zero attached hydrogens (tertiary/aromatic N) is 3. The number of H-pyrrole nitrogens is 1. The van der Waals surface area contributed by atoms with E-state index >= 15 is 0 Å². The van der Waals surface area contributed by atoms with Crippen molar-refractivity contribution in [1.29, 1.82) is 0 Å². The third kappa shape index (κ3) is 4.69. The highest BCUT2D eigenvalue weighted by molar-refractivity contribution is 7.91. The minimum Gasteiger partial charge on any atom is -0.452 e. The Morgan fingerprint density at radius 3 is 2.43 bits per heavy atom. The second kappa shape index (κ2) is 9.15. The van der Waals surface area contributed by atoms with E-state index in [2.05, 4.69) is 19.9 Å². The van der Waals surface area contributed by atoms with Gasteiger partial charge >= 0.3 is 0 Å². The first-order chi connectivity index (χ1) is 16.9. The van der Waals surface area contributed by atoms with Crippen LogP contribution < -0.4 is 9.47 Å². The molecule has 0 radical (unpaired) electrons. The van der Waals surface area contributed by atoms with Gasteiger partial charge in [-0.05, 0) is 36.4 Å². The van der Waals surface area contributed by atoms with Crippen molar-refractivity contribution in [3.05, 3.63) is 84.9 Å². The van der Waals surface area contributed by atoms with Crippen molar-refractivity contribution in [2.75, 3.05) is 5.75 Å². The van der Waals surface area contributed by atoms with Crippen LogP contribution in [0.3, 0.4) is 0 Å². The molecule has 0 atom stereocenters. The largest absolute Gasteiger partial charge is 0.452 e. The molecule has 1 N–H and O–H groups in total. The molecule has 0 saturated heterocycles. The minimum atomic E-state index is -3.45. The Labute approximate surface area is 200 Å². The molecule has 2 aromatic carbocycles. The zero-order valence-corrected chi connectivity index (χ0v) is 19.3. The van der Waals surface area contributed by atoms with Crippen molar-refractivity contribution in [2.45, 2.75) is 11.9 Å². The molecule has 5 aromatic rings. The van der Waals surface area contributed by atoms with Gasteiger partial charge in [0.05, 0.1) is 23.0 Å². The van der Waals surface area contributed by atoms with E-state index in [0.717, 1.165) is 0 Å². The Hall–Kier alpha value is -4.31. The fourth-order valence-corrected chi connectivity index (χ4v) is 4.12. The number of pyridine rings is 2. The fourth-order valence-electron chi connectivity index (χ4n) is 3.33. The molecule has 176 valence electrons. The molecule has 8 nitrogen and oxygen atoms in total. The Morgan fingerprint density at radius 1 is 0.914 bits per heavy atom. The summed E-state index contributed by atoms with van der Waals surface area (Å²) in [5.41, 5.74) is 1.85. The van der Waals surface area contributed by atoms with Gasteiger partial charge in [-0.1, -0.05) is 25.1 Å². The van der Waals surface area contributed by atoms with Gasteiger partial charge in [0.1, 0.15) is 11.4 Å². The van der Waals surface area contributed by atoms with Crippen LogP contribution in [0.4, 0.5) is 4.39 Å². The maximum atomic E-state index is 14.3. The van der Waals surface area contributed by atoms with Gasteiger partial charge < -0.3 is 14.5 Å². The topological polar surface area (TPSA) is 107 Å². The third-order valence-electron chi connectivity index (χ3n) is 5.15. The molecule has 3 heterocycles. The lowest BCUT2D eigenvalue weighted by atomic mass is 10.2. The Balaban J connectivity index is 1.56. The molecule has 35 heavy (non-hydrogen) atoms. The first-order valence-corrected chi connectivity index (χ1v) is 12.3. The molecule has 5 rings (SSSR count). The highest BCUT2D eigenvalue weighted by atomic mass is 32.2. The molecule has 3 aromatic heterocycles. The van der Waals surface area contributed by atoms with E-state index in [1.54, 1.807) is 37.4 Å². The third-order valence-corrected chi connectivity index (χ3v) is 6.79. The van der Waals surface area contributed by atoms with Gasteiger partial charge in [-0.3, -0.25) is 4.98 Å². The summed E-state index contributed by atoms with van der Waals surface area (Å²) in [6.45, 7) is 1.55. The van der Waals surface area contributed by atoms with Gasteiger partial charge in [0.2, 0.25) is 0 Å². The molecule has 0 bridgehead atoms. The van der Waals surface area contributed by atoms with E-state index in [1.165, 1.54) is 30.5 Å². The Morgan fingerprint density at radius 2 is 1.71 bits per heavy atom. The Bertz CT molecular complexity index is 1600. The van der Waals surface area contributed by atoms with Crippen LogP contribution in [-0.4, -0.2) is 34.1 Å². The molecule has 0 aliphatic carbocycles. The molecule has 0 aliphatic heterocycles. The van der Waals surface area contributed by atoms with Crippen LogP contribution in [0.1, 0.15) is 6.92 Å². The molecular weight excluding hydrogens is 471 g/mol. The van der Waals surface area contributed by atoms with E-state index < -0.39 is 15.7 Å². The maximum absolute atomic E-state index is 14.3. The number of aromatic amines is 1. The van der Waals surface area contributed by atoms with Crippen molar-refractivity contribution < 1.29 is 22.3 Å². The zero-order valence-electron chi connectivity index (χ0n) is 18.5. The first-order valence-electron chi connectivity index (χ1n) is 10.7. The lowest BCUT2D eigenvalue weighted by Crippen LogP contribution is -2.05. The molecule has 0 unspecified atom stereocenters. The summed E-state index contributed by atoms with van der Waals surface area (Å²) in [6, 6.07) is 17.7. The maximum Gasteiger partial charge on any atom is 0.195 e. The van der Waals surface area contributed by atoms with Gasteiger partial charge in [-0.15, -0.1) is 0 Å². The number of rotatable bonds is 7. The normalized spacial score (nSPS) is 11.5. The van der Waals surface area contributed by atoms with Gasteiger partial charge in [-0.25, -0.2) is 22.8 Å². The van der Waals surface area contributed by atoms with Gasteiger partial charge in [0, 0.05) is 18.3 Å². The summed E-state index contributed by atoms with van der Waals surface area (Å²) in [6.07, 6.45) is 2.98. The number of hydrogen-bond acceptors (Lipinski definition) is 7. The summed E-state index contributed by atoms with van der Waals surface area (Å²) < 4.78 is 50.2. The van der Waals surface area contributed by atoms with E-state index in [0.29, 0.717) is 22.6 Å². The number of imidazole rings is 1. The quantitative estimate of drug-likeness (QED) is 0.319. The van der Waals surface area contributed by atoms with Crippen molar-refractivity contribution >= 4 is 20.9 Å². The van der Waals surface area contributed by atoms with E-state index in [4.69, 9.17) is 9.47 Å². The van der Waals surface area contributed by atoms with Crippen LogP contribution in [0.15, 0.2) is 84.1 Å². The lowest BCUT2D eigenvalue weighted by Gasteiger charge is -2.13. The second-order valence-corrected chi connectivity index (χ2v) is 9.71. The summed E-state index contributed by atoms with van der Waals surface area (Å²) in [4.78, 5) is 16.1. The average Bonchev–Trinajstić information content (AvgIpc) is 3.29. The van der Waals surface area contributed by atoms with Crippen LogP contribution in [0, 0.1) is 5.82 Å². The number of sulfone groups is 1. The minimum absolute atomic E-state index is 0.0136. The van der Waals surface area contributed by atoms with E-state index in [-0.39, 0.29) is 33.8 Å². The standard InChI is InChI=1S/C25H19FN4O4S/c1-2-35(31,32)24-11-10-16(15-28-24)33-22-13-19-20(30-25(29-19)18-8-5-6-12-27-18)14-23(22)34-21-9-4-3-7-17(21)26/h3-15H,2H2,1H3,(H,29,30). The molecule has 10 heteroatoms. The predicted octanol–water partition coefficient (Wildman–Crippen LogP) is 5.54. The van der Waals surface area contributed by atoms with Gasteiger partial charge in [-0.2, -0.15) is 0 Å². The zero-order chi connectivity index (χ0) is 24.4. The highest BCUT2D eigenvalue weighted by Gasteiger charge is 2.17. The van der Waals surface area contributed by atoms with Gasteiger partial charge in [0.15, 0.2) is 43.8 Å². The van der Waals surface area contributed by atoms with Crippen LogP contribution in [0.2, 0.25) is 0 Å². The van der Waals surface area contributed by atoms with Crippen LogP contribution in [0.5, 0.6) is 23.0 Å². The number of ether oxygens (including phenoxy) is 2. The fraction of sp³-hybridized carbons (Fsp3) is 0.0800. The molecule has 0 saturated carbocycles. The van der Waals surface area contributed by atoms with Gasteiger partial charge in [0.25, 0.3) is 0 Å². The van der Waals surface area contributed by atoms with Crippen molar-refractivity contribution in [1.82, 2.24) is 19.9 Å². The van der Waals surface area contributed by atoms with Crippen LogP contribution in [0.25, 0.3) is 22.6 Å². The predicted molar refractivity (Wildman–Crippen MR) is 128 cm³/mol. The molecule has 0 aliphatic rings. The Kier molecular flexibility index (Phi) is 5.87. The lowest BCUT2D eigenvalue weighted by molar-refractivity contribution is 0.402. The van der Waals surface area contributed by atoms with Crippen molar-refractivity contribution in [3.8, 4) is 34.5 Å². The highest BCUT2D eigenvalue weighted by Crippen LogP contribution is 2.39. The van der Waals surface area contributed by atoms with E-state index in [1.807, 2.05) is 18.2 Å². The number of benzene rings is 2. The van der Waals surface area contributed by atoms with Crippen LogP contribution in [-0.2, 0) is 9.84 Å². The summed E-state index contributed by atoms with van der Waals surface area (Å²) in [7, 11) is -3.45. The van der Waals surface area contributed by atoms with Crippen molar-refractivity contribution in [3.63, 3.8) is 0 Å².